The second kappa shape index (κ2) is 17.2. The number of aliphatic hydroxyl groups is 1. The molecule has 4 aromatic rings. The number of aliphatic hydroxyl groups excluding tert-OH is 1. The van der Waals surface area contributed by atoms with E-state index in [4.69, 9.17) is 5.73 Å². The van der Waals surface area contributed by atoms with Crippen molar-refractivity contribution in [2.45, 2.75) is 94.9 Å². The number of hydrogen-bond acceptors (Lipinski definition) is 7. The predicted octanol–water partition coefficient (Wildman–Crippen LogP) is 5.98. The average Bonchev–Trinajstić information content (AvgIpc) is 3.14. The number of rotatable bonds is 13. The molecule has 8 N–H and O–H groups in total. The van der Waals surface area contributed by atoms with E-state index in [-0.39, 0.29) is 35.3 Å². The number of carbonyl (C=O) groups is 2. The largest absolute Gasteiger partial charge is 0.506 e. The van der Waals surface area contributed by atoms with Crippen LogP contribution in [0.1, 0.15) is 81.4 Å². The van der Waals surface area contributed by atoms with E-state index in [1.54, 1.807) is 17.0 Å². The van der Waals surface area contributed by atoms with Gasteiger partial charge < -0.3 is 36.7 Å². The van der Waals surface area contributed by atoms with Crippen LogP contribution in [-0.2, 0) is 11.2 Å². The molecular formula is C41H51N5O6. The summed E-state index contributed by atoms with van der Waals surface area (Å²) in [5, 5.41) is 38.6. The third-order valence-corrected chi connectivity index (χ3v) is 10.8. The number of amides is 2. The number of nitrogens with two attached hydrogens (primary N) is 1. The van der Waals surface area contributed by atoms with Gasteiger partial charge >= 0.3 is 6.09 Å². The standard InChI is InChI=1S/C41H51N5O6/c42-29-12-16-31(17-13-29)46(41(51)52)35-23-26(11-18-32(35)28-6-2-1-3-7-28)5-4-8-38(49)44-30-14-9-27(10-15-30)24-43-25-37(48)33-19-21-36(47)40-34(33)20-22-39(50)45-40/h1-3,6-7,11,18-23,27,29-31,37,43,47-48H,4-5,8-10,12-17,24-25,42H2,(H,44,49)(H,45,50)(H,51,52)/t27-,29?,30-,31?,37-/m0/s1. The van der Waals surface area contributed by atoms with Gasteiger partial charge in [-0.1, -0.05) is 48.5 Å². The normalized spacial score (nSPS) is 21.0. The number of aromatic amines is 1. The van der Waals surface area contributed by atoms with Crippen molar-refractivity contribution in [1.82, 2.24) is 15.6 Å². The third-order valence-electron chi connectivity index (χ3n) is 10.8. The first kappa shape index (κ1) is 37.1. The van der Waals surface area contributed by atoms with Gasteiger partial charge in [-0.2, -0.15) is 0 Å². The molecule has 2 aliphatic rings. The number of nitrogens with one attached hydrogen (secondary N) is 3. The Hall–Kier alpha value is -4.71. The number of benzene rings is 3. The van der Waals surface area contributed by atoms with Crippen LogP contribution in [0.2, 0.25) is 0 Å². The summed E-state index contributed by atoms with van der Waals surface area (Å²) >= 11 is 0. The van der Waals surface area contributed by atoms with Gasteiger partial charge in [-0.05, 0) is 112 Å². The number of aryl methyl sites for hydroxylation is 1. The molecule has 52 heavy (non-hydrogen) atoms. The summed E-state index contributed by atoms with van der Waals surface area (Å²) in [6.45, 7) is 1.10. The molecule has 0 bridgehead atoms. The lowest BCUT2D eigenvalue weighted by atomic mass is 9.86. The summed E-state index contributed by atoms with van der Waals surface area (Å²) in [6.07, 6.45) is 6.79. The van der Waals surface area contributed by atoms with Gasteiger partial charge in [0.25, 0.3) is 0 Å². The van der Waals surface area contributed by atoms with E-state index in [9.17, 15) is 29.7 Å². The van der Waals surface area contributed by atoms with Crippen molar-refractivity contribution < 1.29 is 24.9 Å². The van der Waals surface area contributed by atoms with E-state index in [0.717, 1.165) is 74.6 Å². The van der Waals surface area contributed by atoms with Gasteiger partial charge in [0.15, 0.2) is 0 Å². The van der Waals surface area contributed by atoms with Gasteiger partial charge in [-0.25, -0.2) is 4.79 Å². The van der Waals surface area contributed by atoms with Crippen LogP contribution in [0.15, 0.2) is 77.6 Å². The summed E-state index contributed by atoms with van der Waals surface area (Å²) in [6, 6.07) is 22.2. The van der Waals surface area contributed by atoms with Crippen LogP contribution in [0.25, 0.3) is 22.0 Å². The molecule has 6 rings (SSSR count). The Labute approximate surface area is 304 Å². The minimum atomic E-state index is -0.959. The Morgan fingerprint density at radius 1 is 0.923 bits per heavy atom. The number of anilines is 1. The summed E-state index contributed by atoms with van der Waals surface area (Å²) in [5.41, 5.74) is 10.3. The smallest absolute Gasteiger partial charge is 0.412 e. The van der Waals surface area contributed by atoms with Crippen molar-refractivity contribution in [1.29, 1.82) is 0 Å². The van der Waals surface area contributed by atoms with E-state index >= 15 is 0 Å². The van der Waals surface area contributed by atoms with Gasteiger partial charge in [0.2, 0.25) is 11.5 Å². The molecule has 1 aromatic heterocycles. The molecule has 1 heterocycles. The van der Waals surface area contributed by atoms with Gasteiger partial charge in [-0.3, -0.25) is 14.5 Å². The van der Waals surface area contributed by atoms with Gasteiger partial charge in [0, 0.05) is 48.1 Å². The molecule has 0 saturated heterocycles. The molecule has 11 heteroatoms. The van der Waals surface area contributed by atoms with E-state index in [1.165, 1.54) is 12.1 Å². The lowest BCUT2D eigenvalue weighted by Crippen LogP contribution is -2.44. The maximum atomic E-state index is 13.0. The van der Waals surface area contributed by atoms with Crippen LogP contribution in [-0.4, -0.2) is 63.5 Å². The number of carboxylic acid groups (broad SMARTS) is 1. The number of aromatic nitrogens is 1. The predicted molar refractivity (Wildman–Crippen MR) is 204 cm³/mol. The van der Waals surface area contributed by atoms with Crippen molar-refractivity contribution in [3.63, 3.8) is 0 Å². The first-order valence-electron chi connectivity index (χ1n) is 18.7. The molecular weight excluding hydrogens is 658 g/mol. The Balaban J connectivity index is 0.967. The van der Waals surface area contributed by atoms with Crippen LogP contribution in [0.5, 0.6) is 5.75 Å². The first-order chi connectivity index (χ1) is 25.2. The highest BCUT2D eigenvalue weighted by molar-refractivity contribution is 5.94. The summed E-state index contributed by atoms with van der Waals surface area (Å²) in [4.78, 5) is 41.5. The maximum absolute atomic E-state index is 13.0. The number of phenols is 1. The van der Waals surface area contributed by atoms with E-state index in [1.807, 2.05) is 48.5 Å². The highest BCUT2D eigenvalue weighted by Crippen LogP contribution is 2.37. The zero-order valence-corrected chi connectivity index (χ0v) is 29.6. The molecule has 2 saturated carbocycles. The Morgan fingerprint density at radius 2 is 1.67 bits per heavy atom. The number of carbonyl (C=O) groups excluding carboxylic acids is 1. The van der Waals surface area contributed by atoms with Crippen LogP contribution in [0.3, 0.4) is 0 Å². The van der Waals surface area contributed by atoms with Crippen molar-refractivity contribution >= 4 is 28.6 Å². The fourth-order valence-electron chi connectivity index (χ4n) is 7.96. The van der Waals surface area contributed by atoms with Crippen molar-refractivity contribution in [2.24, 2.45) is 11.7 Å². The molecule has 2 fully saturated rings. The van der Waals surface area contributed by atoms with Crippen LogP contribution >= 0.6 is 0 Å². The number of phenolic OH excluding ortho intramolecular Hbond substituents is 1. The monoisotopic (exact) mass is 709 g/mol. The zero-order valence-electron chi connectivity index (χ0n) is 29.6. The molecule has 2 aliphatic carbocycles. The van der Waals surface area contributed by atoms with E-state index < -0.39 is 12.2 Å². The van der Waals surface area contributed by atoms with Crippen molar-refractivity contribution in [3.05, 3.63) is 94.3 Å². The highest BCUT2D eigenvalue weighted by atomic mass is 16.4. The summed E-state index contributed by atoms with van der Waals surface area (Å²) < 4.78 is 0. The van der Waals surface area contributed by atoms with Crippen molar-refractivity contribution in [3.8, 4) is 16.9 Å². The number of H-pyrrole nitrogens is 1. The highest BCUT2D eigenvalue weighted by Gasteiger charge is 2.31. The fourth-order valence-corrected chi connectivity index (χ4v) is 7.96. The average molecular weight is 710 g/mol. The Bertz CT molecular complexity index is 1880. The number of pyridine rings is 1. The number of nitrogens with zero attached hydrogens (tertiary/aromatic N) is 1. The molecule has 3 aromatic carbocycles. The Kier molecular flexibility index (Phi) is 12.3. The van der Waals surface area contributed by atoms with Crippen molar-refractivity contribution in [2.75, 3.05) is 18.0 Å². The van der Waals surface area contributed by atoms with Crippen LogP contribution in [0, 0.1) is 5.92 Å². The molecule has 2 amide bonds. The Morgan fingerprint density at radius 3 is 2.40 bits per heavy atom. The lowest BCUT2D eigenvalue weighted by molar-refractivity contribution is -0.122. The molecule has 0 radical (unpaired) electrons. The molecule has 1 atom stereocenters. The molecule has 0 unspecified atom stereocenters. The second-order valence-corrected chi connectivity index (χ2v) is 14.5. The zero-order chi connectivity index (χ0) is 36.6. The summed E-state index contributed by atoms with van der Waals surface area (Å²) in [7, 11) is 0. The fraction of sp³-hybridized carbons (Fsp3) is 0.439. The molecule has 11 nitrogen and oxygen atoms in total. The first-order valence-corrected chi connectivity index (χ1v) is 18.7. The molecule has 276 valence electrons. The SMILES string of the molecule is NC1CCC(N(C(=O)O)c2cc(CCCC(=O)N[C@H]3CC[C@H](CNC[C@H](O)c4ccc(O)c5[nH]c(=O)ccc45)CC3)ccc2-c2ccccc2)CC1. The minimum absolute atomic E-state index is 0.0338. The third kappa shape index (κ3) is 9.20. The summed E-state index contributed by atoms with van der Waals surface area (Å²) in [5.74, 6) is 0.449. The quantitative estimate of drug-likeness (QED) is 0.0886. The van der Waals surface area contributed by atoms with E-state index in [0.29, 0.717) is 53.9 Å². The van der Waals surface area contributed by atoms with Crippen LogP contribution in [0.4, 0.5) is 10.5 Å². The van der Waals surface area contributed by atoms with Crippen LogP contribution < -0.4 is 26.8 Å². The minimum Gasteiger partial charge on any atom is -0.506 e. The molecule has 0 aliphatic heterocycles. The number of fused-ring (bicyclic) bond motifs is 1. The number of aromatic hydroxyl groups is 1. The van der Waals surface area contributed by atoms with Gasteiger partial charge in [-0.15, -0.1) is 0 Å². The van der Waals surface area contributed by atoms with E-state index in [2.05, 4.69) is 15.6 Å². The van der Waals surface area contributed by atoms with Gasteiger partial charge in [0.1, 0.15) is 5.75 Å². The topological polar surface area (TPSA) is 181 Å². The second-order valence-electron chi connectivity index (χ2n) is 14.5. The molecule has 0 spiro atoms. The van der Waals surface area contributed by atoms with Gasteiger partial charge in [0.05, 0.1) is 17.3 Å². The lowest BCUT2D eigenvalue weighted by Gasteiger charge is -2.35. The number of hydrogen-bond donors (Lipinski definition) is 7. The maximum Gasteiger partial charge on any atom is 0.412 e.